The minimum absolute atomic E-state index is 0.0233. The van der Waals surface area contributed by atoms with E-state index >= 15 is 0 Å². The molecule has 45 heavy (non-hydrogen) atoms. The second-order valence-electron chi connectivity index (χ2n) is 13.1. The number of rotatable bonds is 5. The molecule has 6 aliphatic rings. The Balaban J connectivity index is 1.10. The smallest absolute Gasteiger partial charge is 0.348 e. The number of carbonyl (C=O) groups excluding carboxylic acids is 3. The molecule has 12 nitrogen and oxygen atoms in total. The lowest BCUT2D eigenvalue weighted by Gasteiger charge is -2.46. The average Bonchev–Trinajstić information content (AvgIpc) is 3.28. The van der Waals surface area contributed by atoms with Gasteiger partial charge in [0, 0.05) is 25.7 Å². The topological polar surface area (TPSA) is 167 Å². The third-order valence-electron chi connectivity index (χ3n) is 9.53. The molecule has 0 amide bonds. The van der Waals surface area contributed by atoms with Crippen LogP contribution in [0.3, 0.4) is 0 Å². The van der Waals surface area contributed by atoms with Crippen molar-refractivity contribution in [3.8, 4) is 0 Å². The van der Waals surface area contributed by atoms with E-state index in [-0.39, 0.29) is 41.7 Å². The van der Waals surface area contributed by atoms with Gasteiger partial charge in [-0.2, -0.15) is 0 Å². The molecule has 1 unspecified atom stereocenters. The van der Waals surface area contributed by atoms with Gasteiger partial charge in [0.05, 0.1) is 10.5 Å². The number of aliphatic hydroxyl groups excluding tert-OH is 3. The number of aliphatic hydroxyl groups is 3. The molecule has 0 aromatic carbocycles. The van der Waals surface area contributed by atoms with Crippen molar-refractivity contribution in [2.45, 2.75) is 132 Å². The van der Waals surface area contributed by atoms with Gasteiger partial charge in [-0.3, -0.25) is 0 Å². The lowest BCUT2D eigenvalue weighted by Crippen LogP contribution is -2.53. The molecule has 0 bridgehead atoms. The molecule has 13 heteroatoms. The van der Waals surface area contributed by atoms with Crippen LogP contribution in [-0.2, 0) is 42.8 Å². The number of thioether (sulfide) groups is 1. The normalized spacial score (nSPS) is 33.2. The fraction of sp³-hybridized carbons (Fsp3) is 0.656. The fourth-order valence-electron chi connectivity index (χ4n) is 6.86. The van der Waals surface area contributed by atoms with E-state index in [0.717, 1.165) is 64.2 Å². The molecule has 4 fully saturated rings. The van der Waals surface area contributed by atoms with Gasteiger partial charge in [-0.25, -0.2) is 14.4 Å². The van der Waals surface area contributed by atoms with Crippen LogP contribution >= 0.6 is 11.8 Å². The van der Waals surface area contributed by atoms with Crippen LogP contribution in [0.5, 0.6) is 0 Å². The zero-order chi connectivity index (χ0) is 32.0. The number of esters is 3. The second-order valence-corrected chi connectivity index (χ2v) is 14.5. The van der Waals surface area contributed by atoms with Gasteiger partial charge in [-0.15, -0.1) is 0 Å². The molecule has 1 saturated heterocycles. The van der Waals surface area contributed by atoms with Crippen molar-refractivity contribution in [2.75, 3.05) is 0 Å². The largest absolute Gasteiger partial charge is 0.480 e. The first kappa shape index (κ1) is 31.8. The Kier molecular flexibility index (Phi) is 8.40. The summed E-state index contributed by atoms with van der Waals surface area (Å²) in [7, 11) is 0. The van der Waals surface area contributed by atoms with Crippen LogP contribution in [0.2, 0.25) is 0 Å². The number of carbonyl (C=O) groups is 3. The van der Waals surface area contributed by atoms with Gasteiger partial charge in [0.15, 0.2) is 11.2 Å². The Bertz CT molecular complexity index is 1370. The van der Waals surface area contributed by atoms with Crippen LogP contribution in [0.1, 0.15) is 104 Å². The number of hydrogen-bond acceptors (Lipinski definition) is 13. The van der Waals surface area contributed by atoms with Crippen molar-refractivity contribution in [1.82, 2.24) is 0 Å². The van der Waals surface area contributed by atoms with E-state index in [4.69, 9.17) is 28.4 Å². The van der Waals surface area contributed by atoms with Crippen molar-refractivity contribution in [3.63, 3.8) is 0 Å². The van der Waals surface area contributed by atoms with Crippen LogP contribution in [0, 0.1) is 0 Å². The molecule has 3 saturated carbocycles. The van der Waals surface area contributed by atoms with E-state index in [1.54, 1.807) is 6.92 Å². The quantitative estimate of drug-likeness (QED) is 0.149. The third-order valence-corrected chi connectivity index (χ3v) is 10.9. The Morgan fingerprint density at radius 1 is 0.733 bits per heavy atom. The van der Waals surface area contributed by atoms with Crippen LogP contribution in [0.15, 0.2) is 45.7 Å². The maximum absolute atomic E-state index is 13.0. The summed E-state index contributed by atoms with van der Waals surface area (Å²) in [5, 5.41) is 32.1. The summed E-state index contributed by atoms with van der Waals surface area (Å²) < 4.78 is 34.2. The molecule has 3 spiro atoms. The molecule has 3 aliphatic heterocycles. The van der Waals surface area contributed by atoms with Gasteiger partial charge in [-0.05, 0) is 70.1 Å². The van der Waals surface area contributed by atoms with Crippen molar-refractivity contribution >= 4 is 29.7 Å². The third kappa shape index (κ3) is 6.44. The summed E-state index contributed by atoms with van der Waals surface area (Å²) in [6.45, 7) is 3.54. The second kappa shape index (κ2) is 11.9. The minimum Gasteiger partial charge on any atom is -0.480 e. The lowest BCUT2D eigenvalue weighted by molar-refractivity contribution is -0.302. The summed E-state index contributed by atoms with van der Waals surface area (Å²) in [6, 6.07) is 0. The first-order valence-electron chi connectivity index (χ1n) is 15.7. The number of ether oxygens (including phenoxy) is 6. The van der Waals surface area contributed by atoms with Crippen LogP contribution in [0.4, 0.5) is 0 Å². The predicted molar refractivity (Wildman–Crippen MR) is 158 cm³/mol. The first-order valence-corrected chi connectivity index (χ1v) is 16.5. The highest BCUT2D eigenvalue weighted by Gasteiger charge is 2.55. The Morgan fingerprint density at radius 3 is 1.78 bits per heavy atom. The van der Waals surface area contributed by atoms with Gasteiger partial charge in [0.25, 0.3) is 23.5 Å². The van der Waals surface area contributed by atoms with Crippen molar-refractivity contribution in [2.24, 2.45) is 0 Å². The summed E-state index contributed by atoms with van der Waals surface area (Å²) in [4.78, 5) is 38.2. The van der Waals surface area contributed by atoms with Gasteiger partial charge >= 0.3 is 17.9 Å². The fourth-order valence-corrected chi connectivity index (χ4v) is 8.18. The van der Waals surface area contributed by atoms with E-state index < -0.39 is 58.2 Å². The Morgan fingerprint density at radius 2 is 1.24 bits per heavy atom. The minimum atomic E-state index is -1.55. The van der Waals surface area contributed by atoms with E-state index in [1.165, 1.54) is 23.9 Å². The molecule has 3 heterocycles. The molecule has 6 rings (SSSR count). The molecule has 246 valence electrons. The zero-order valence-electron chi connectivity index (χ0n) is 25.6. The van der Waals surface area contributed by atoms with E-state index in [9.17, 15) is 29.7 Å². The first-order chi connectivity index (χ1) is 21.3. The number of hydrogen-bond donors (Lipinski definition) is 3. The van der Waals surface area contributed by atoms with Crippen molar-refractivity contribution < 1.29 is 58.1 Å². The van der Waals surface area contributed by atoms with Crippen LogP contribution in [0.25, 0.3) is 0 Å². The van der Waals surface area contributed by atoms with Crippen molar-refractivity contribution in [1.29, 1.82) is 0 Å². The Hall–Kier alpha value is -3.16. The molecule has 0 aromatic heterocycles. The van der Waals surface area contributed by atoms with Crippen LogP contribution < -0.4 is 0 Å². The highest BCUT2D eigenvalue weighted by atomic mass is 32.2. The molecular formula is C32H40O12S. The SMILES string of the molecule is C/C(=C/C1=C(O)OC2(CCC3(CC2)OC(=O)C(/C=C2/SC4(CCCCC4)OC2=O)=C(O)O3)OC1=O)C(O)OC1(C)CCCCC1. The molecular weight excluding hydrogens is 608 g/mol. The molecule has 3 aliphatic carbocycles. The molecule has 0 aromatic rings. The average molecular weight is 649 g/mol. The Labute approximate surface area is 265 Å². The summed E-state index contributed by atoms with van der Waals surface area (Å²) in [6.07, 6.45) is 10.3. The summed E-state index contributed by atoms with van der Waals surface area (Å²) >= 11 is 1.26. The van der Waals surface area contributed by atoms with Gasteiger partial charge < -0.3 is 43.7 Å². The predicted octanol–water partition coefficient (Wildman–Crippen LogP) is 5.48. The molecule has 1 atom stereocenters. The zero-order valence-corrected chi connectivity index (χ0v) is 26.4. The van der Waals surface area contributed by atoms with E-state index in [1.807, 2.05) is 6.92 Å². The highest BCUT2D eigenvalue weighted by molar-refractivity contribution is 8.05. The van der Waals surface area contributed by atoms with Gasteiger partial charge in [0.1, 0.15) is 11.1 Å². The monoisotopic (exact) mass is 648 g/mol. The standard InChI is InChI=1S/C32H40O12S/c1-19(23(33)39-29(2)9-5-3-6-10-29)17-20-24(34)40-30(41-25(20)35)13-15-31(16-14-30)42-26(36)21(27(37)43-31)18-22-28(38)44-32(45-22)11-7-4-8-12-32/h17-18,23,33-34,36H,3-16H2,1-2H3/b19-17-,22-18+. The maximum Gasteiger partial charge on any atom is 0.348 e. The highest BCUT2D eigenvalue weighted by Crippen LogP contribution is 2.51. The molecule has 3 N–H and O–H groups in total. The van der Waals surface area contributed by atoms with Gasteiger partial charge in [0.2, 0.25) is 0 Å². The summed E-state index contributed by atoms with van der Waals surface area (Å²) in [5.41, 5.74) is -0.715. The van der Waals surface area contributed by atoms with E-state index in [2.05, 4.69) is 0 Å². The van der Waals surface area contributed by atoms with Gasteiger partial charge in [-0.1, -0.05) is 37.4 Å². The molecule has 0 radical (unpaired) electrons. The van der Waals surface area contributed by atoms with Crippen LogP contribution in [-0.4, -0.2) is 61.6 Å². The van der Waals surface area contributed by atoms with E-state index in [0.29, 0.717) is 5.57 Å². The maximum atomic E-state index is 13.0. The lowest BCUT2D eigenvalue weighted by atomic mass is 9.86. The summed E-state index contributed by atoms with van der Waals surface area (Å²) in [5.74, 6) is -6.70. The van der Waals surface area contributed by atoms with Crippen molar-refractivity contribution in [3.05, 3.63) is 45.7 Å².